The Morgan fingerprint density at radius 2 is 1.68 bits per heavy atom. The molecule has 1 aliphatic heterocycles. The highest BCUT2D eigenvalue weighted by molar-refractivity contribution is 5.99. The van der Waals surface area contributed by atoms with Crippen LogP contribution in [-0.2, 0) is 32.2 Å². The van der Waals surface area contributed by atoms with Crippen LogP contribution in [0.3, 0.4) is 0 Å². The number of carbonyl (C=O) groups is 3. The Bertz CT molecular complexity index is 1670. The number of oxime groups is 1. The van der Waals surface area contributed by atoms with Crippen LogP contribution in [-0.4, -0.2) is 81.9 Å². The van der Waals surface area contributed by atoms with Crippen LogP contribution in [0.1, 0.15) is 70.7 Å². The van der Waals surface area contributed by atoms with E-state index in [0.717, 1.165) is 25.7 Å². The number of ether oxygens (including phenoxy) is 4. The van der Waals surface area contributed by atoms with E-state index < -0.39 is 5.60 Å². The lowest BCUT2D eigenvalue weighted by Crippen LogP contribution is -2.44. The van der Waals surface area contributed by atoms with Gasteiger partial charge < -0.3 is 44.7 Å². The zero-order valence-corrected chi connectivity index (χ0v) is 29.2. The van der Waals surface area contributed by atoms with Crippen LogP contribution in [0, 0.1) is 11.8 Å². The average Bonchev–Trinajstić information content (AvgIpc) is 3.45. The Balaban J connectivity index is 1.18. The number of aromatic nitrogens is 2. The molecule has 5 rings (SSSR count). The van der Waals surface area contributed by atoms with Crippen molar-refractivity contribution in [3.05, 3.63) is 53.9 Å². The van der Waals surface area contributed by atoms with E-state index in [4.69, 9.17) is 34.9 Å². The molecule has 0 spiro atoms. The zero-order chi connectivity index (χ0) is 35.8. The van der Waals surface area contributed by atoms with Crippen LogP contribution in [0.2, 0.25) is 0 Å². The van der Waals surface area contributed by atoms with Gasteiger partial charge in [0.15, 0.2) is 5.84 Å². The lowest BCUT2D eigenvalue weighted by atomic mass is 9.82. The molecule has 2 aromatic carbocycles. The van der Waals surface area contributed by atoms with Crippen LogP contribution in [0.15, 0.2) is 47.6 Å². The van der Waals surface area contributed by atoms with Gasteiger partial charge in [-0.2, -0.15) is 0 Å². The molecular formula is C36H48N6O8. The van der Waals surface area contributed by atoms with Crippen molar-refractivity contribution in [2.45, 2.75) is 84.2 Å². The van der Waals surface area contributed by atoms with Gasteiger partial charge in [-0.1, -0.05) is 5.16 Å². The molecule has 2 aliphatic rings. The Labute approximate surface area is 291 Å². The maximum Gasteiger partial charge on any atom is 0.410 e. The van der Waals surface area contributed by atoms with Crippen molar-refractivity contribution in [2.24, 2.45) is 22.7 Å². The fourth-order valence-corrected chi connectivity index (χ4v) is 6.35. The van der Waals surface area contributed by atoms with Crippen molar-refractivity contribution >= 4 is 34.8 Å². The molecule has 2 fully saturated rings. The topological polar surface area (TPSA) is 180 Å². The number of hydrogen-bond donors (Lipinski definition) is 3. The summed E-state index contributed by atoms with van der Waals surface area (Å²) in [4.78, 5) is 43.9. The number of nitrogens with zero attached hydrogens (tertiary/aromatic N) is 4. The molecule has 14 nitrogen and oxygen atoms in total. The molecule has 2 amide bonds. The monoisotopic (exact) mass is 692 g/mol. The molecule has 0 atom stereocenters. The third kappa shape index (κ3) is 9.57. The van der Waals surface area contributed by atoms with Gasteiger partial charge in [0.1, 0.15) is 42.2 Å². The standard InChI is InChI=1S/C36H48N6O8/c1-36(2,3)50-35(45)41-17-15-28(16-18-41)49-27-12-10-26(11-13-27)48-22-31-39-29-19-25(33(37)40-46)9-14-30(29)42(31)21-32(43)38-20-23-5-7-24(8-6-23)34(44)47-4/h9-14,19,23-24,28,46H,5-8,15-18,20-22H2,1-4H3,(H2,37,40)(H,38,43). The number of rotatable bonds is 11. The van der Waals surface area contributed by atoms with Crippen molar-refractivity contribution < 1.29 is 38.5 Å². The SMILES string of the molecule is COC(=O)C1CCC(CNC(=O)Cn2c(COc3ccc(OC4CCN(C(=O)OC(C)(C)C)CC4)cc3)nc3cc(C(N)=NO)ccc32)CC1. The Morgan fingerprint density at radius 3 is 2.32 bits per heavy atom. The molecule has 14 heteroatoms. The first kappa shape index (κ1) is 36.3. The molecule has 2 heterocycles. The summed E-state index contributed by atoms with van der Waals surface area (Å²) in [6, 6.07) is 12.5. The summed E-state index contributed by atoms with van der Waals surface area (Å²) in [5.41, 5.74) is 7.06. The summed E-state index contributed by atoms with van der Waals surface area (Å²) in [5, 5.41) is 15.3. The summed E-state index contributed by atoms with van der Waals surface area (Å²) in [6.45, 7) is 7.34. The van der Waals surface area contributed by atoms with E-state index in [1.54, 1.807) is 27.7 Å². The van der Waals surface area contributed by atoms with Gasteiger partial charge in [-0.05, 0) is 94.8 Å². The lowest BCUT2D eigenvalue weighted by molar-refractivity contribution is -0.146. The predicted molar refractivity (Wildman–Crippen MR) is 185 cm³/mol. The number of hydrogen-bond acceptors (Lipinski definition) is 10. The quantitative estimate of drug-likeness (QED) is 0.0846. The van der Waals surface area contributed by atoms with Crippen LogP contribution < -0.4 is 20.5 Å². The van der Waals surface area contributed by atoms with Crippen molar-refractivity contribution in [3.8, 4) is 11.5 Å². The summed E-state index contributed by atoms with van der Waals surface area (Å²) in [5.74, 6) is 1.68. The van der Waals surface area contributed by atoms with E-state index in [9.17, 15) is 14.4 Å². The van der Waals surface area contributed by atoms with Gasteiger partial charge in [-0.15, -0.1) is 0 Å². The van der Waals surface area contributed by atoms with E-state index in [1.165, 1.54) is 7.11 Å². The minimum absolute atomic E-state index is 0.0174. The van der Waals surface area contributed by atoms with Crippen LogP contribution >= 0.6 is 0 Å². The molecule has 270 valence electrons. The van der Waals surface area contributed by atoms with Crippen LogP contribution in [0.5, 0.6) is 11.5 Å². The minimum Gasteiger partial charge on any atom is -0.490 e. The fraction of sp³-hybridized carbons (Fsp3) is 0.528. The zero-order valence-electron chi connectivity index (χ0n) is 29.2. The third-order valence-electron chi connectivity index (χ3n) is 9.09. The number of amides is 2. The van der Waals surface area contributed by atoms with Gasteiger partial charge in [-0.25, -0.2) is 9.78 Å². The number of imidazole rings is 1. The van der Waals surface area contributed by atoms with E-state index in [0.29, 0.717) is 72.3 Å². The van der Waals surface area contributed by atoms with Gasteiger partial charge in [0, 0.05) is 38.0 Å². The third-order valence-corrected chi connectivity index (χ3v) is 9.09. The number of nitrogens with one attached hydrogen (secondary N) is 1. The van der Waals surface area contributed by atoms with Crippen molar-refractivity contribution in [2.75, 3.05) is 26.7 Å². The molecule has 0 unspecified atom stereocenters. The number of esters is 1. The van der Waals surface area contributed by atoms with Crippen molar-refractivity contribution in [1.82, 2.24) is 19.8 Å². The largest absolute Gasteiger partial charge is 0.490 e. The van der Waals surface area contributed by atoms with Gasteiger partial charge in [0.05, 0.1) is 24.1 Å². The Hall–Kier alpha value is -5.01. The summed E-state index contributed by atoms with van der Waals surface area (Å²) >= 11 is 0. The molecule has 4 N–H and O–H groups in total. The minimum atomic E-state index is -0.530. The second-order valence-electron chi connectivity index (χ2n) is 13.9. The first-order valence-corrected chi connectivity index (χ1v) is 17.1. The highest BCUT2D eigenvalue weighted by atomic mass is 16.6. The molecule has 3 aromatic rings. The summed E-state index contributed by atoms with van der Waals surface area (Å²) in [7, 11) is 1.41. The number of nitrogens with two attached hydrogens (primary N) is 1. The maximum atomic E-state index is 13.2. The molecule has 1 aliphatic carbocycles. The molecule has 1 aromatic heterocycles. The van der Waals surface area contributed by atoms with E-state index in [1.807, 2.05) is 45.0 Å². The summed E-state index contributed by atoms with van der Waals surface area (Å²) < 4.78 is 24.5. The average molecular weight is 693 g/mol. The molecule has 0 bridgehead atoms. The van der Waals surface area contributed by atoms with E-state index in [2.05, 4.69) is 10.5 Å². The number of piperidine rings is 1. The van der Waals surface area contributed by atoms with Crippen molar-refractivity contribution in [1.29, 1.82) is 0 Å². The fourth-order valence-electron chi connectivity index (χ4n) is 6.35. The van der Waals surface area contributed by atoms with Gasteiger partial charge >= 0.3 is 12.1 Å². The highest BCUT2D eigenvalue weighted by Gasteiger charge is 2.29. The lowest BCUT2D eigenvalue weighted by Gasteiger charge is -2.33. The maximum absolute atomic E-state index is 13.2. The van der Waals surface area contributed by atoms with Crippen molar-refractivity contribution in [3.63, 3.8) is 0 Å². The van der Waals surface area contributed by atoms with Crippen LogP contribution in [0.25, 0.3) is 11.0 Å². The number of benzene rings is 2. The summed E-state index contributed by atoms with van der Waals surface area (Å²) in [6.07, 6.45) is 4.30. The molecule has 1 saturated heterocycles. The van der Waals surface area contributed by atoms with Gasteiger partial charge in [0.25, 0.3) is 0 Å². The second-order valence-corrected chi connectivity index (χ2v) is 13.9. The highest BCUT2D eigenvalue weighted by Crippen LogP contribution is 2.29. The Kier molecular flexibility index (Phi) is 11.7. The molecule has 1 saturated carbocycles. The molecule has 50 heavy (non-hydrogen) atoms. The first-order chi connectivity index (χ1) is 23.9. The van der Waals surface area contributed by atoms with Gasteiger partial charge in [-0.3, -0.25) is 9.59 Å². The Morgan fingerprint density at radius 1 is 1.00 bits per heavy atom. The molecule has 0 radical (unpaired) electrons. The number of amidine groups is 1. The first-order valence-electron chi connectivity index (χ1n) is 17.1. The predicted octanol–water partition coefficient (Wildman–Crippen LogP) is 4.58. The number of fused-ring (bicyclic) bond motifs is 1. The number of carbonyl (C=O) groups excluding carboxylic acids is 3. The van der Waals surface area contributed by atoms with E-state index >= 15 is 0 Å². The smallest absolute Gasteiger partial charge is 0.410 e. The number of likely N-dealkylation sites (tertiary alicyclic amines) is 1. The van der Waals surface area contributed by atoms with Crippen LogP contribution in [0.4, 0.5) is 4.79 Å². The number of methoxy groups -OCH3 is 1. The molecular weight excluding hydrogens is 644 g/mol. The van der Waals surface area contributed by atoms with Gasteiger partial charge in [0.2, 0.25) is 5.91 Å². The second kappa shape index (κ2) is 16.1. The normalized spacial score (nSPS) is 18.8. The van der Waals surface area contributed by atoms with E-state index in [-0.39, 0.29) is 49.0 Å².